The molecule has 152 valence electrons. The summed E-state index contributed by atoms with van der Waals surface area (Å²) in [5, 5.41) is 2.85. The first-order valence-electron chi connectivity index (χ1n) is 9.22. The second-order valence-electron chi connectivity index (χ2n) is 6.87. The van der Waals surface area contributed by atoms with Gasteiger partial charge in [-0.15, -0.1) is 0 Å². The molecule has 1 heterocycles. The van der Waals surface area contributed by atoms with Gasteiger partial charge in [0.1, 0.15) is 5.82 Å². The number of hydrogen-bond acceptors (Lipinski definition) is 5. The van der Waals surface area contributed by atoms with Crippen LogP contribution in [0.1, 0.15) is 11.1 Å². The lowest BCUT2D eigenvalue weighted by Gasteiger charge is -2.14. The summed E-state index contributed by atoms with van der Waals surface area (Å²) in [5.74, 6) is -0.406. The number of sulfonamides is 1. The molecular formula is C22H19FN4O2S. The lowest BCUT2D eigenvalue weighted by molar-refractivity contribution is 0.601. The molecule has 0 radical (unpaired) electrons. The fourth-order valence-electron chi connectivity index (χ4n) is 2.92. The predicted molar refractivity (Wildman–Crippen MR) is 116 cm³/mol. The molecule has 0 saturated heterocycles. The van der Waals surface area contributed by atoms with Crippen molar-refractivity contribution in [2.75, 3.05) is 10.0 Å². The van der Waals surface area contributed by atoms with E-state index in [-0.39, 0.29) is 22.2 Å². The van der Waals surface area contributed by atoms with Crippen molar-refractivity contribution in [3.05, 3.63) is 83.7 Å². The van der Waals surface area contributed by atoms with E-state index in [1.54, 1.807) is 48.5 Å². The van der Waals surface area contributed by atoms with Gasteiger partial charge in [0.05, 0.1) is 21.6 Å². The van der Waals surface area contributed by atoms with Crippen molar-refractivity contribution in [3.8, 4) is 0 Å². The van der Waals surface area contributed by atoms with E-state index in [9.17, 15) is 12.8 Å². The number of aromatic nitrogens is 2. The molecule has 6 nitrogen and oxygen atoms in total. The van der Waals surface area contributed by atoms with Gasteiger partial charge in [0, 0.05) is 0 Å². The molecular weight excluding hydrogens is 403 g/mol. The van der Waals surface area contributed by atoms with Crippen LogP contribution in [0.3, 0.4) is 0 Å². The number of hydrogen-bond donors (Lipinski definition) is 2. The number of halogens is 1. The van der Waals surface area contributed by atoms with Crippen LogP contribution in [-0.2, 0) is 10.0 Å². The second-order valence-corrected chi connectivity index (χ2v) is 8.55. The highest BCUT2D eigenvalue weighted by molar-refractivity contribution is 7.92. The van der Waals surface area contributed by atoms with Gasteiger partial charge in [-0.2, -0.15) is 0 Å². The van der Waals surface area contributed by atoms with Gasteiger partial charge in [0.2, 0.25) is 0 Å². The predicted octanol–water partition coefficient (Wildman–Crippen LogP) is 4.93. The molecule has 2 N–H and O–H groups in total. The fraction of sp³-hybridized carbons (Fsp3) is 0.0909. The van der Waals surface area contributed by atoms with Gasteiger partial charge in [-0.25, -0.2) is 22.8 Å². The van der Waals surface area contributed by atoms with Crippen molar-refractivity contribution in [1.82, 2.24) is 9.97 Å². The first-order chi connectivity index (χ1) is 14.3. The van der Waals surface area contributed by atoms with Crippen molar-refractivity contribution in [2.45, 2.75) is 18.7 Å². The summed E-state index contributed by atoms with van der Waals surface area (Å²) < 4.78 is 42.6. The van der Waals surface area contributed by atoms with E-state index in [0.717, 1.165) is 11.1 Å². The van der Waals surface area contributed by atoms with Crippen LogP contribution in [0.25, 0.3) is 11.0 Å². The highest BCUT2D eigenvalue weighted by atomic mass is 32.2. The average Bonchev–Trinajstić information content (AvgIpc) is 2.72. The van der Waals surface area contributed by atoms with E-state index in [2.05, 4.69) is 20.0 Å². The Hall–Kier alpha value is -3.52. The van der Waals surface area contributed by atoms with Crippen molar-refractivity contribution in [1.29, 1.82) is 0 Å². The molecule has 0 aliphatic rings. The molecule has 0 saturated carbocycles. The van der Waals surface area contributed by atoms with E-state index in [0.29, 0.717) is 11.0 Å². The fourth-order valence-corrected chi connectivity index (χ4v) is 4.01. The van der Waals surface area contributed by atoms with Gasteiger partial charge in [-0.05, 0) is 61.4 Å². The van der Waals surface area contributed by atoms with E-state index in [4.69, 9.17) is 0 Å². The van der Waals surface area contributed by atoms with Gasteiger partial charge in [-0.3, -0.25) is 4.72 Å². The molecule has 0 atom stereocenters. The Bertz CT molecular complexity index is 1360. The number of aryl methyl sites for hydroxylation is 2. The van der Waals surface area contributed by atoms with Crippen LogP contribution in [0, 0.1) is 19.7 Å². The van der Waals surface area contributed by atoms with Crippen LogP contribution in [0.15, 0.2) is 71.6 Å². The molecule has 30 heavy (non-hydrogen) atoms. The van der Waals surface area contributed by atoms with E-state index in [1.165, 1.54) is 18.2 Å². The quantitative estimate of drug-likeness (QED) is 0.476. The molecule has 0 fully saturated rings. The first-order valence-corrected chi connectivity index (χ1v) is 10.7. The maximum absolute atomic E-state index is 14.2. The van der Waals surface area contributed by atoms with E-state index < -0.39 is 15.8 Å². The Morgan fingerprint density at radius 3 is 2.10 bits per heavy atom. The largest absolute Gasteiger partial charge is 0.335 e. The lowest BCUT2D eigenvalue weighted by Crippen LogP contribution is -2.16. The maximum Gasteiger partial charge on any atom is 0.263 e. The van der Waals surface area contributed by atoms with Crippen molar-refractivity contribution in [2.24, 2.45) is 0 Å². The minimum absolute atomic E-state index is 0.0184. The topological polar surface area (TPSA) is 84.0 Å². The minimum Gasteiger partial charge on any atom is -0.335 e. The SMILES string of the molecule is Cc1ccc(S(=O)(=O)Nc2nc3ccccc3nc2Nc2ccccc2F)cc1C. The first kappa shape index (κ1) is 19.8. The highest BCUT2D eigenvalue weighted by Crippen LogP contribution is 2.28. The van der Waals surface area contributed by atoms with Gasteiger partial charge < -0.3 is 5.32 Å². The minimum atomic E-state index is -3.93. The number of fused-ring (bicyclic) bond motifs is 1. The Morgan fingerprint density at radius 2 is 1.43 bits per heavy atom. The third kappa shape index (κ3) is 3.95. The normalized spacial score (nSPS) is 11.4. The second kappa shape index (κ2) is 7.72. The summed E-state index contributed by atoms with van der Waals surface area (Å²) in [4.78, 5) is 8.98. The number of benzene rings is 3. The summed E-state index contributed by atoms with van der Waals surface area (Å²) in [6.07, 6.45) is 0. The molecule has 0 unspecified atom stereocenters. The molecule has 0 bridgehead atoms. The molecule has 4 aromatic rings. The molecule has 0 spiro atoms. The molecule has 4 rings (SSSR count). The number of rotatable bonds is 5. The molecule has 0 aliphatic heterocycles. The van der Waals surface area contributed by atoms with Gasteiger partial charge in [0.15, 0.2) is 11.6 Å². The van der Waals surface area contributed by atoms with Crippen molar-refractivity contribution >= 4 is 38.4 Å². The van der Waals surface area contributed by atoms with Gasteiger partial charge in [-0.1, -0.05) is 30.3 Å². The smallest absolute Gasteiger partial charge is 0.263 e. The van der Waals surface area contributed by atoms with Crippen LogP contribution in [0.4, 0.5) is 21.7 Å². The van der Waals surface area contributed by atoms with Crippen molar-refractivity contribution in [3.63, 3.8) is 0 Å². The van der Waals surface area contributed by atoms with Crippen LogP contribution in [-0.4, -0.2) is 18.4 Å². The zero-order chi connectivity index (χ0) is 21.3. The van der Waals surface area contributed by atoms with Crippen LogP contribution in [0.5, 0.6) is 0 Å². The Kier molecular flexibility index (Phi) is 5.09. The molecule has 8 heteroatoms. The highest BCUT2D eigenvalue weighted by Gasteiger charge is 2.20. The molecule has 1 aromatic heterocycles. The third-order valence-corrected chi connectivity index (χ3v) is 6.05. The molecule has 0 aliphatic carbocycles. The zero-order valence-corrected chi connectivity index (χ0v) is 17.2. The summed E-state index contributed by atoms with van der Waals surface area (Å²) in [5.41, 5.74) is 3.06. The van der Waals surface area contributed by atoms with Gasteiger partial charge in [0.25, 0.3) is 10.0 Å². The summed E-state index contributed by atoms with van der Waals surface area (Å²) in [6.45, 7) is 3.75. The van der Waals surface area contributed by atoms with Crippen LogP contribution >= 0.6 is 0 Å². The molecule has 0 amide bonds. The molecule has 3 aromatic carbocycles. The monoisotopic (exact) mass is 422 g/mol. The third-order valence-electron chi connectivity index (χ3n) is 4.72. The number of anilines is 3. The average molecular weight is 422 g/mol. The lowest BCUT2D eigenvalue weighted by atomic mass is 10.1. The standard InChI is InChI=1S/C22H19FN4O2S/c1-14-11-12-16(13-15(14)2)30(28,29)27-22-21(24-18-8-4-3-7-17(18)23)25-19-9-5-6-10-20(19)26-22/h3-13H,1-2H3,(H,24,25)(H,26,27). The number of nitrogens with zero attached hydrogens (tertiary/aromatic N) is 2. The number of nitrogens with one attached hydrogen (secondary N) is 2. The van der Waals surface area contributed by atoms with Crippen molar-refractivity contribution < 1.29 is 12.8 Å². The summed E-state index contributed by atoms with van der Waals surface area (Å²) in [7, 11) is -3.93. The summed E-state index contributed by atoms with van der Waals surface area (Å²) >= 11 is 0. The Balaban J connectivity index is 1.80. The maximum atomic E-state index is 14.2. The summed E-state index contributed by atoms with van der Waals surface area (Å²) in [6, 6.07) is 18.0. The van der Waals surface area contributed by atoms with Crippen LogP contribution in [0.2, 0.25) is 0 Å². The zero-order valence-electron chi connectivity index (χ0n) is 16.3. The number of para-hydroxylation sites is 3. The Morgan fingerprint density at radius 1 is 0.800 bits per heavy atom. The Labute approximate surface area is 173 Å². The van der Waals surface area contributed by atoms with E-state index >= 15 is 0 Å². The van der Waals surface area contributed by atoms with E-state index in [1.807, 2.05) is 13.8 Å². The van der Waals surface area contributed by atoms with Gasteiger partial charge >= 0.3 is 0 Å². The van der Waals surface area contributed by atoms with Crippen LogP contribution < -0.4 is 10.0 Å².